The summed E-state index contributed by atoms with van der Waals surface area (Å²) in [4.78, 5) is 1.40. The number of hydrogen-bond donors (Lipinski definition) is 2. The van der Waals surface area contributed by atoms with E-state index in [0.29, 0.717) is 13.2 Å². The number of hydrogen-bond acceptors (Lipinski definition) is 4. The lowest BCUT2D eigenvalue weighted by Crippen LogP contribution is -2.35. The van der Waals surface area contributed by atoms with E-state index >= 15 is 0 Å². The number of rotatable bonds is 5. The first-order valence-corrected chi connectivity index (χ1v) is 9.36. The van der Waals surface area contributed by atoms with E-state index in [1.54, 1.807) is 0 Å². The van der Waals surface area contributed by atoms with Gasteiger partial charge in [0.15, 0.2) is 0 Å². The van der Waals surface area contributed by atoms with Crippen molar-refractivity contribution in [2.45, 2.75) is 18.9 Å². The highest BCUT2D eigenvalue weighted by Gasteiger charge is 2.29. The van der Waals surface area contributed by atoms with E-state index in [4.69, 9.17) is 10.5 Å². The van der Waals surface area contributed by atoms with Crippen molar-refractivity contribution in [3.63, 3.8) is 0 Å². The van der Waals surface area contributed by atoms with Crippen LogP contribution < -0.4 is 11.1 Å². The molecule has 0 fully saturated rings. The highest BCUT2D eigenvalue weighted by Crippen LogP contribution is 2.47. The lowest BCUT2D eigenvalue weighted by Gasteiger charge is -2.26. The van der Waals surface area contributed by atoms with Crippen molar-refractivity contribution in [2.75, 3.05) is 19.8 Å². The molecule has 3 nitrogen and oxygen atoms in total. The fourth-order valence-electron chi connectivity index (χ4n) is 3.37. The normalized spacial score (nSPS) is 24.1. The third-order valence-electron chi connectivity index (χ3n) is 4.55. The number of thioether (sulfide) groups is 1. The minimum atomic E-state index is 0.217. The highest BCUT2D eigenvalue weighted by atomic mass is 32.2. The summed E-state index contributed by atoms with van der Waals surface area (Å²) in [5.74, 6) is 0. The van der Waals surface area contributed by atoms with Crippen LogP contribution >= 0.6 is 11.8 Å². The molecule has 124 valence electrons. The molecule has 24 heavy (non-hydrogen) atoms. The zero-order valence-corrected chi connectivity index (χ0v) is 14.4. The number of nitrogens with one attached hydrogen (secondary N) is 1. The van der Waals surface area contributed by atoms with Crippen molar-refractivity contribution in [1.82, 2.24) is 5.32 Å². The topological polar surface area (TPSA) is 47.3 Å². The summed E-state index contributed by atoms with van der Waals surface area (Å²) < 4.78 is 5.74. The molecule has 0 saturated heterocycles. The molecule has 0 aromatic carbocycles. The van der Waals surface area contributed by atoms with Crippen LogP contribution in [-0.2, 0) is 4.74 Å². The number of allylic oxidation sites excluding steroid dienone is 9. The molecule has 0 amide bonds. The molecule has 3 N–H and O–H groups in total. The Balaban J connectivity index is 1.60. The van der Waals surface area contributed by atoms with E-state index in [2.05, 4.69) is 53.3 Å². The van der Waals surface area contributed by atoms with Gasteiger partial charge < -0.3 is 15.8 Å². The van der Waals surface area contributed by atoms with Crippen molar-refractivity contribution in [3.8, 4) is 0 Å². The number of ether oxygens (including phenoxy) is 1. The van der Waals surface area contributed by atoms with Gasteiger partial charge in [0.2, 0.25) is 0 Å². The van der Waals surface area contributed by atoms with E-state index in [1.165, 1.54) is 32.9 Å². The van der Waals surface area contributed by atoms with Gasteiger partial charge in [-0.15, -0.1) is 0 Å². The molecule has 2 aliphatic heterocycles. The zero-order valence-electron chi connectivity index (χ0n) is 13.6. The van der Waals surface area contributed by atoms with Gasteiger partial charge in [-0.3, -0.25) is 0 Å². The van der Waals surface area contributed by atoms with Gasteiger partial charge in [0.05, 0.1) is 12.6 Å². The Bertz CT molecular complexity index is 750. The first kappa shape index (κ1) is 15.8. The fourth-order valence-corrected chi connectivity index (χ4v) is 4.28. The van der Waals surface area contributed by atoms with Gasteiger partial charge in [-0.2, -0.15) is 0 Å². The maximum absolute atomic E-state index is 5.74. The molecule has 4 aliphatic rings. The monoisotopic (exact) mass is 338 g/mol. The molecular formula is C20H22N2OS. The van der Waals surface area contributed by atoms with Gasteiger partial charge in [0.1, 0.15) is 0 Å². The summed E-state index contributed by atoms with van der Waals surface area (Å²) in [6.07, 6.45) is 17.3. The lowest BCUT2D eigenvalue weighted by molar-refractivity contribution is 0.122. The van der Waals surface area contributed by atoms with Crippen molar-refractivity contribution >= 4 is 11.8 Å². The first-order chi connectivity index (χ1) is 11.9. The van der Waals surface area contributed by atoms with E-state index in [0.717, 1.165) is 19.4 Å². The standard InChI is InChI=1S/C20H22N2OS/c21-9-3-10-23-13-16-8-7-14-4-1-6-17-18(19(14)22-16)12-15-5-2-11-24-20(15)17/h1-2,4-8,11,16,22H,3,9-10,12-13,21H2. The fraction of sp³-hybridized carbons (Fsp3) is 0.300. The summed E-state index contributed by atoms with van der Waals surface area (Å²) in [6.45, 7) is 2.08. The Kier molecular flexibility index (Phi) is 4.60. The second-order valence-corrected chi connectivity index (χ2v) is 7.14. The molecule has 0 bridgehead atoms. The summed E-state index contributed by atoms with van der Waals surface area (Å²) in [7, 11) is 0. The first-order valence-electron chi connectivity index (χ1n) is 8.48. The molecule has 0 aromatic rings. The van der Waals surface area contributed by atoms with Crippen molar-refractivity contribution < 1.29 is 4.74 Å². The highest BCUT2D eigenvalue weighted by molar-refractivity contribution is 8.06. The van der Waals surface area contributed by atoms with Crippen LogP contribution in [0.2, 0.25) is 0 Å². The molecule has 1 unspecified atom stereocenters. The Labute approximate surface area is 147 Å². The second-order valence-electron chi connectivity index (χ2n) is 6.22. The average molecular weight is 338 g/mol. The number of fused-ring (bicyclic) bond motifs is 3. The molecule has 1 atom stereocenters. The third-order valence-corrected chi connectivity index (χ3v) is 5.56. The summed E-state index contributed by atoms with van der Waals surface area (Å²) in [6, 6.07) is 0.217. The molecule has 2 heterocycles. The molecule has 0 aromatic heterocycles. The summed E-state index contributed by atoms with van der Waals surface area (Å²) in [5.41, 5.74) is 12.2. The average Bonchev–Trinajstić information content (AvgIpc) is 2.89. The Hall–Kier alpha value is -1.75. The second kappa shape index (κ2) is 7.01. The quantitative estimate of drug-likeness (QED) is 0.754. The van der Waals surface area contributed by atoms with Crippen LogP contribution in [0.4, 0.5) is 0 Å². The van der Waals surface area contributed by atoms with E-state index < -0.39 is 0 Å². The smallest absolute Gasteiger partial charge is 0.0704 e. The van der Waals surface area contributed by atoms with E-state index in [1.807, 2.05) is 11.8 Å². The van der Waals surface area contributed by atoms with Crippen LogP contribution in [0.25, 0.3) is 0 Å². The van der Waals surface area contributed by atoms with Crippen LogP contribution in [0.5, 0.6) is 0 Å². The van der Waals surface area contributed by atoms with E-state index in [-0.39, 0.29) is 6.04 Å². The van der Waals surface area contributed by atoms with Gasteiger partial charge in [-0.05, 0) is 40.7 Å². The maximum Gasteiger partial charge on any atom is 0.0704 e. The van der Waals surface area contributed by atoms with Gasteiger partial charge in [-0.1, -0.05) is 54.3 Å². The zero-order chi connectivity index (χ0) is 16.4. The van der Waals surface area contributed by atoms with Crippen molar-refractivity contribution in [1.29, 1.82) is 0 Å². The largest absolute Gasteiger partial charge is 0.379 e. The predicted octanol–water partition coefficient (Wildman–Crippen LogP) is 3.47. The van der Waals surface area contributed by atoms with Gasteiger partial charge in [0.25, 0.3) is 0 Å². The summed E-state index contributed by atoms with van der Waals surface area (Å²) in [5, 5.41) is 5.85. The minimum absolute atomic E-state index is 0.217. The van der Waals surface area contributed by atoms with Crippen molar-refractivity contribution in [2.24, 2.45) is 5.73 Å². The molecule has 0 radical (unpaired) electrons. The molecule has 4 heteroatoms. The molecule has 0 spiro atoms. The summed E-state index contributed by atoms with van der Waals surface area (Å²) >= 11 is 1.83. The lowest BCUT2D eigenvalue weighted by atomic mass is 9.98. The third kappa shape index (κ3) is 2.97. The van der Waals surface area contributed by atoms with Crippen LogP contribution in [0.1, 0.15) is 12.8 Å². The Morgan fingerprint density at radius 1 is 1.25 bits per heavy atom. The molecule has 4 rings (SSSR count). The Morgan fingerprint density at radius 2 is 2.21 bits per heavy atom. The van der Waals surface area contributed by atoms with Gasteiger partial charge in [0, 0.05) is 23.6 Å². The number of nitrogens with two attached hydrogens (primary N) is 1. The maximum atomic E-state index is 5.74. The molecule has 0 saturated carbocycles. The van der Waals surface area contributed by atoms with Crippen LogP contribution in [-0.4, -0.2) is 25.8 Å². The van der Waals surface area contributed by atoms with E-state index in [9.17, 15) is 0 Å². The SMILES string of the molecule is NCCCOCC1C=CC2=CC=CC3=C4SC=CC=C4CC3=C2N1. The predicted molar refractivity (Wildman–Crippen MR) is 101 cm³/mol. The molecule has 2 aliphatic carbocycles. The molecular weight excluding hydrogens is 316 g/mol. The van der Waals surface area contributed by atoms with Crippen molar-refractivity contribution in [3.05, 3.63) is 80.8 Å². The Morgan fingerprint density at radius 3 is 3.12 bits per heavy atom. The van der Waals surface area contributed by atoms with Crippen LogP contribution in [0, 0.1) is 0 Å². The van der Waals surface area contributed by atoms with Gasteiger partial charge in [-0.25, -0.2) is 0 Å². The minimum Gasteiger partial charge on any atom is -0.379 e. The van der Waals surface area contributed by atoms with Crippen LogP contribution in [0.3, 0.4) is 0 Å². The van der Waals surface area contributed by atoms with Gasteiger partial charge >= 0.3 is 0 Å². The van der Waals surface area contributed by atoms with Crippen LogP contribution in [0.15, 0.2) is 80.8 Å².